The van der Waals surface area contributed by atoms with E-state index in [1.807, 2.05) is 31.2 Å². The molecule has 3 N–H and O–H groups in total. The Morgan fingerprint density at radius 1 is 0.812 bits per heavy atom. The van der Waals surface area contributed by atoms with Gasteiger partial charge in [0.05, 0.1) is 31.5 Å². The molecule has 5 atom stereocenters. The predicted octanol–water partition coefficient (Wildman–Crippen LogP) is 13.0. The Morgan fingerprint density at radius 3 is 1.88 bits per heavy atom. The summed E-state index contributed by atoms with van der Waals surface area (Å²) in [6.45, 7) is 42.4. The maximum atomic E-state index is 12.8. The number of hydrogen-bond acceptors (Lipinski definition) is 10. The summed E-state index contributed by atoms with van der Waals surface area (Å²) in [6, 6.07) is 6.84. The zero-order valence-corrected chi connectivity index (χ0v) is 47.7. The third-order valence-corrected chi connectivity index (χ3v) is 24.8. The van der Waals surface area contributed by atoms with E-state index in [9.17, 15) is 19.8 Å². The van der Waals surface area contributed by atoms with Gasteiger partial charge in [0, 0.05) is 48.0 Å². The van der Waals surface area contributed by atoms with Crippen LogP contribution in [-0.2, 0) is 29.5 Å². The molecule has 368 valence electrons. The molecule has 0 spiro atoms. The molecule has 0 saturated carbocycles. The molecule has 11 nitrogen and oxygen atoms in total. The van der Waals surface area contributed by atoms with Crippen LogP contribution in [0.25, 0.3) is 0 Å². The summed E-state index contributed by atoms with van der Waals surface area (Å²) in [4.78, 5) is 25.4. The van der Waals surface area contributed by atoms with Gasteiger partial charge in [0.2, 0.25) is 0 Å². The molecule has 64 heavy (non-hydrogen) atoms. The Hall–Kier alpha value is -2.35. The van der Waals surface area contributed by atoms with Crippen LogP contribution >= 0.6 is 0 Å². The number of hydrogen-bond donors (Lipinski definition) is 3. The number of benzene rings is 1. The Kier molecular flexibility index (Phi) is 23.9. The first-order valence-corrected chi connectivity index (χ1v) is 36.4. The van der Waals surface area contributed by atoms with Gasteiger partial charge < -0.3 is 38.0 Å². The van der Waals surface area contributed by atoms with Crippen LogP contribution in [0.5, 0.6) is 5.75 Å². The number of ether oxygens (including phenoxy) is 4. The van der Waals surface area contributed by atoms with Crippen molar-refractivity contribution in [3.63, 3.8) is 0 Å². The smallest absolute Gasteiger partial charge is 0.450 e. The van der Waals surface area contributed by atoms with Crippen molar-refractivity contribution in [1.82, 2.24) is 0 Å². The number of aliphatic hydroxyl groups is 2. The standard InChI is InChI=1S/C49H91NO10Si4/c1-36(30-39-32-40(50-46(53)56-26-28-61(11,12)13)34-41(33-39)58-47(54)57-27-29-62(14,15)16)22-21-23-44(55-10)42(52)35-45(60-64(19,20)49(7,8)9)38(3)31-37(2)43(24-25-51)59-63(17,18)48(4,5)6/h21-23,31-34,38,42-45,51-52H,24-30,35H2,1-20H3,(H,50,53)/b23-21+,36-22+,37-31+/t38-,42+,43-,44+,45-/m0/s1. The maximum absolute atomic E-state index is 12.8. The van der Waals surface area contributed by atoms with Gasteiger partial charge in [-0.2, -0.15) is 0 Å². The van der Waals surface area contributed by atoms with Gasteiger partial charge in [-0.3, -0.25) is 5.32 Å². The third-order valence-electron chi connectivity index (χ3n) is 12.4. The maximum Gasteiger partial charge on any atom is 0.513 e. The molecule has 0 aliphatic carbocycles. The molecule has 1 aromatic rings. The number of nitrogens with one attached hydrogen (secondary N) is 1. The van der Waals surface area contributed by atoms with Crippen molar-refractivity contribution in [3.05, 3.63) is 59.2 Å². The minimum Gasteiger partial charge on any atom is -0.450 e. The highest BCUT2D eigenvalue weighted by atomic mass is 28.4. The fraction of sp³-hybridized carbons (Fsp3) is 0.714. The molecule has 0 bridgehead atoms. The van der Waals surface area contributed by atoms with Crippen molar-refractivity contribution in [1.29, 1.82) is 0 Å². The second-order valence-corrected chi connectivity index (χ2v) is 43.8. The van der Waals surface area contributed by atoms with Gasteiger partial charge in [0.25, 0.3) is 0 Å². The number of allylic oxidation sites excluding steroid dienone is 3. The van der Waals surface area contributed by atoms with Crippen molar-refractivity contribution < 1.29 is 47.6 Å². The van der Waals surface area contributed by atoms with Crippen LogP contribution < -0.4 is 10.1 Å². The van der Waals surface area contributed by atoms with Crippen LogP contribution in [-0.4, -0.2) is 107 Å². The fourth-order valence-corrected chi connectivity index (χ4v) is 10.3. The first-order chi connectivity index (χ1) is 29.1. The summed E-state index contributed by atoms with van der Waals surface area (Å²) in [7, 11) is -5.60. The minimum atomic E-state index is -2.26. The van der Waals surface area contributed by atoms with E-state index in [0.717, 1.165) is 28.8 Å². The SMILES string of the molecule is CO[C@H](/C=C/C=C(\C)Cc1cc(NC(=O)OCC[Si](C)(C)C)cc(OC(=O)OCC[Si](C)(C)C)c1)[C@H](O)C[C@H](O[Si](C)(C)C(C)(C)C)[C@@H](C)/C=C(\C)[C@H](CCO)O[Si](C)(C)C(C)(C)C. The normalized spacial score (nSPS) is 16.3. The summed E-state index contributed by atoms with van der Waals surface area (Å²) in [5.74, 6) is 0.189. The van der Waals surface area contributed by atoms with Gasteiger partial charge in [-0.15, -0.1) is 0 Å². The molecule has 0 aromatic heterocycles. The van der Waals surface area contributed by atoms with Crippen LogP contribution in [0.1, 0.15) is 80.7 Å². The largest absolute Gasteiger partial charge is 0.513 e. The van der Waals surface area contributed by atoms with E-state index in [1.165, 1.54) is 0 Å². The molecule has 0 saturated heterocycles. The van der Waals surface area contributed by atoms with Gasteiger partial charge in [-0.05, 0) is 104 Å². The van der Waals surface area contributed by atoms with Crippen LogP contribution in [0.3, 0.4) is 0 Å². The molecular weight excluding hydrogens is 875 g/mol. The molecule has 1 aromatic carbocycles. The Labute approximate surface area is 393 Å². The van der Waals surface area contributed by atoms with Crippen LogP contribution in [0.4, 0.5) is 15.3 Å². The van der Waals surface area contributed by atoms with Crippen molar-refractivity contribution in [2.75, 3.05) is 32.2 Å². The lowest BCUT2D eigenvalue weighted by Gasteiger charge is -2.42. The number of methoxy groups -OCH3 is 1. The van der Waals surface area contributed by atoms with Crippen LogP contribution in [0.2, 0.25) is 87.6 Å². The van der Waals surface area contributed by atoms with E-state index in [-0.39, 0.29) is 47.2 Å². The summed E-state index contributed by atoms with van der Waals surface area (Å²) < 4.78 is 36.2. The van der Waals surface area contributed by atoms with E-state index in [0.29, 0.717) is 31.6 Å². The lowest BCUT2D eigenvalue weighted by Crippen LogP contribution is -2.47. The molecule has 0 aliphatic heterocycles. The Morgan fingerprint density at radius 2 is 1.36 bits per heavy atom. The zero-order chi connectivity index (χ0) is 49.5. The quantitative estimate of drug-likeness (QED) is 0.0285. The topological polar surface area (TPSA) is 142 Å². The molecule has 0 aliphatic rings. The van der Waals surface area contributed by atoms with Crippen molar-refractivity contribution >= 4 is 50.7 Å². The first-order valence-electron chi connectivity index (χ1n) is 23.2. The number of anilines is 1. The average molecular weight is 967 g/mol. The van der Waals surface area contributed by atoms with E-state index < -0.39 is 57.2 Å². The highest BCUT2D eigenvalue weighted by molar-refractivity contribution is 6.76. The number of aliphatic hydroxyl groups excluding tert-OH is 2. The van der Waals surface area contributed by atoms with E-state index in [2.05, 4.69) is 132 Å². The van der Waals surface area contributed by atoms with Gasteiger partial charge >= 0.3 is 12.2 Å². The van der Waals surface area contributed by atoms with Gasteiger partial charge in [-0.1, -0.05) is 118 Å². The molecule has 1 rings (SSSR count). The van der Waals surface area contributed by atoms with E-state index >= 15 is 0 Å². The molecule has 0 heterocycles. The van der Waals surface area contributed by atoms with E-state index in [1.54, 1.807) is 19.2 Å². The molecule has 15 heteroatoms. The molecular formula is C49H91NO10Si4. The summed E-state index contributed by atoms with van der Waals surface area (Å²) in [5.41, 5.74) is 3.27. The Balaban J connectivity index is 3.39. The fourth-order valence-electron chi connectivity index (χ4n) is 6.09. The molecule has 0 fully saturated rings. The lowest BCUT2D eigenvalue weighted by atomic mass is 9.93. The van der Waals surface area contributed by atoms with Gasteiger partial charge in [0.1, 0.15) is 11.9 Å². The first kappa shape index (κ1) is 59.7. The van der Waals surface area contributed by atoms with Crippen molar-refractivity contribution in [2.45, 2.75) is 194 Å². The van der Waals surface area contributed by atoms with Gasteiger partial charge in [-0.25, -0.2) is 9.59 Å². The average Bonchev–Trinajstić information content (AvgIpc) is 3.10. The third kappa shape index (κ3) is 22.9. The number of amides is 1. The zero-order valence-electron chi connectivity index (χ0n) is 43.7. The number of carbonyl (C=O) groups is 2. The van der Waals surface area contributed by atoms with Gasteiger partial charge in [0.15, 0.2) is 16.6 Å². The molecule has 0 radical (unpaired) electrons. The van der Waals surface area contributed by atoms with E-state index in [4.69, 9.17) is 27.8 Å². The summed E-state index contributed by atoms with van der Waals surface area (Å²) in [5, 5.41) is 24.6. The van der Waals surface area contributed by atoms with Crippen molar-refractivity contribution in [2.24, 2.45) is 5.92 Å². The number of rotatable bonds is 25. The minimum absolute atomic E-state index is 0.0235. The number of carbonyl (C=O) groups excluding carboxylic acids is 2. The molecule has 1 amide bonds. The molecule has 0 unspecified atom stereocenters. The lowest BCUT2D eigenvalue weighted by molar-refractivity contribution is -0.0151. The second-order valence-electron chi connectivity index (χ2n) is 23.1. The highest BCUT2D eigenvalue weighted by Crippen LogP contribution is 2.41. The summed E-state index contributed by atoms with van der Waals surface area (Å²) >= 11 is 0. The van der Waals surface area contributed by atoms with Crippen LogP contribution in [0, 0.1) is 5.92 Å². The summed E-state index contributed by atoms with van der Waals surface area (Å²) in [6.07, 6.45) is 5.89. The van der Waals surface area contributed by atoms with Crippen molar-refractivity contribution in [3.8, 4) is 5.75 Å². The Bertz CT molecular complexity index is 1650. The second kappa shape index (κ2) is 25.7. The monoisotopic (exact) mass is 966 g/mol. The van der Waals surface area contributed by atoms with Crippen LogP contribution in [0.15, 0.2) is 53.6 Å². The predicted molar refractivity (Wildman–Crippen MR) is 276 cm³/mol. The highest BCUT2D eigenvalue weighted by Gasteiger charge is 2.42.